The molecule has 2 rings (SSSR count). The van der Waals surface area contributed by atoms with Gasteiger partial charge in [0.1, 0.15) is 11.6 Å². The molecule has 0 radical (unpaired) electrons. The van der Waals surface area contributed by atoms with Crippen LogP contribution in [0.4, 0.5) is 10.2 Å². The average Bonchev–Trinajstić information content (AvgIpc) is 2.70. The summed E-state index contributed by atoms with van der Waals surface area (Å²) >= 11 is 3.32. The van der Waals surface area contributed by atoms with Gasteiger partial charge in [0.05, 0.1) is 12.3 Å². The van der Waals surface area contributed by atoms with Crippen molar-refractivity contribution in [2.45, 2.75) is 6.61 Å². The van der Waals surface area contributed by atoms with Gasteiger partial charge < -0.3 is 10.5 Å². The molecule has 3 N–H and O–H groups in total. The van der Waals surface area contributed by atoms with Gasteiger partial charge in [-0.15, -0.1) is 0 Å². The number of anilines is 1. The molecule has 6 heteroatoms. The van der Waals surface area contributed by atoms with Crippen molar-refractivity contribution < 1.29 is 9.13 Å². The Hall–Kier alpha value is -1.40. The molecule has 0 fully saturated rings. The van der Waals surface area contributed by atoms with Crippen LogP contribution in [0.15, 0.2) is 22.7 Å². The number of aromatic amines is 1. The Kier molecular flexibility index (Phi) is 3.44. The molecule has 0 aliphatic rings. The number of aromatic nitrogens is 2. The molecule has 4 nitrogen and oxygen atoms in total. The van der Waals surface area contributed by atoms with E-state index >= 15 is 0 Å². The van der Waals surface area contributed by atoms with Gasteiger partial charge in [-0.05, 0) is 12.1 Å². The highest BCUT2D eigenvalue weighted by atomic mass is 79.9. The molecule has 0 saturated carbocycles. The maximum Gasteiger partial charge on any atom is 0.145 e. The normalized spacial score (nSPS) is 10.8. The summed E-state index contributed by atoms with van der Waals surface area (Å²) in [6, 6.07) is 4.87. The van der Waals surface area contributed by atoms with Crippen molar-refractivity contribution in [3.63, 3.8) is 0 Å². The van der Waals surface area contributed by atoms with E-state index in [2.05, 4.69) is 26.1 Å². The fourth-order valence-electron chi connectivity index (χ4n) is 1.53. The minimum atomic E-state index is -0.329. The minimum Gasteiger partial charge on any atom is -0.382 e. The van der Waals surface area contributed by atoms with Gasteiger partial charge in [-0.1, -0.05) is 15.9 Å². The number of ether oxygens (including phenoxy) is 1. The molecule has 2 aromatic rings. The van der Waals surface area contributed by atoms with E-state index < -0.39 is 0 Å². The Labute approximate surface area is 106 Å². The summed E-state index contributed by atoms with van der Waals surface area (Å²) in [6.07, 6.45) is 0. The molecule has 0 saturated heterocycles. The maximum absolute atomic E-state index is 13.8. The zero-order valence-corrected chi connectivity index (χ0v) is 10.7. The Balaban J connectivity index is 2.45. The summed E-state index contributed by atoms with van der Waals surface area (Å²) in [6.45, 7) is 0.220. The van der Waals surface area contributed by atoms with Crippen LogP contribution >= 0.6 is 15.9 Å². The van der Waals surface area contributed by atoms with E-state index in [1.165, 1.54) is 13.2 Å². The minimum absolute atomic E-state index is 0.220. The summed E-state index contributed by atoms with van der Waals surface area (Å²) in [5.41, 5.74) is 7.34. The number of methoxy groups -OCH3 is 1. The molecular formula is C11H11BrFN3O. The predicted molar refractivity (Wildman–Crippen MR) is 66.8 cm³/mol. The highest BCUT2D eigenvalue weighted by Crippen LogP contribution is 2.28. The lowest BCUT2D eigenvalue weighted by molar-refractivity contribution is 0.181. The summed E-state index contributed by atoms with van der Waals surface area (Å²) < 4.78 is 19.4. The maximum atomic E-state index is 13.8. The number of benzene rings is 1. The summed E-state index contributed by atoms with van der Waals surface area (Å²) in [5, 5.41) is 6.54. The standard InChI is InChI=1S/C11H11BrFN3O/c1-17-5-7-8(12)2-6(3-9(7)13)10-4-11(14)16-15-10/h2-4H,5H2,1H3,(H3,14,15,16). The average molecular weight is 300 g/mol. The number of rotatable bonds is 3. The zero-order valence-electron chi connectivity index (χ0n) is 9.13. The smallest absolute Gasteiger partial charge is 0.145 e. The second-order valence-electron chi connectivity index (χ2n) is 3.56. The zero-order chi connectivity index (χ0) is 12.4. The number of nitrogens with zero attached hydrogens (tertiary/aromatic N) is 1. The molecule has 0 spiro atoms. The lowest BCUT2D eigenvalue weighted by Gasteiger charge is -2.07. The van der Waals surface area contributed by atoms with Gasteiger partial charge in [0.15, 0.2) is 0 Å². The van der Waals surface area contributed by atoms with Crippen LogP contribution < -0.4 is 5.73 Å². The quantitative estimate of drug-likeness (QED) is 0.916. The van der Waals surface area contributed by atoms with Crippen LogP contribution in [0, 0.1) is 5.82 Å². The first-order chi connectivity index (χ1) is 8.11. The van der Waals surface area contributed by atoms with E-state index in [9.17, 15) is 4.39 Å². The van der Waals surface area contributed by atoms with Crippen LogP contribution in [0.1, 0.15) is 5.56 Å². The van der Waals surface area contributed by atoms with Gasteiger partial charge in [0.25, 0.3) is 0 Å². The van der Waals surface area contributed by atoms with E-state index in [0.29, 0.717) is 27.1 Å². The molecule has 1 aromatic carbocycles. The molecule has 1 aromatic heterocycles. The fraction of sp³-hybridized carbons (Fsp3) is 0.182. The lowest BCUT2D eigenvalue weighted by atomic mass is 10.1. The molecule has 0 aliphatic carbocycles. The highest BCUT2D eigenvalue weighted by molar-refractivity contribution is 9.10. The molecule has 0 amide bonds. The number of nitrogens with two attached hydrogens (primary N) is 1. The molecular weight excluding hydrogens is 289 g/mol. The first-order valence-corrected chi connectivity index (χ1v) is 5.69. The number of hydrogen-bond acceptors (Lipinski definition) is 3. The SMILES string of the molecule is COCc1c(F)cc(-c2cc(N)n[nH]2)cc1Br. The molecule has 1 heterocycles. The van der Waals surface area contributed by atoms with E-state index in [1.54, 1.807) is 12.1 Å². The van der Waals surface area contributed by atoms with Crippen molar-refractivity contribution in [2.24, 2.45) is 0 Å². The number of nitrogens with one attached hydrogen (secondary N) is 1. The van der Waals surface area contributed by atoms with Crippen molar-refractivity contribution >= 4 is 21.7 Å². The van der Waals surface area contributed by atoms with Crippen LogP contribution in [0.25, 0.3) is 11.3 Å². The molecule has 0 bridgehead atoms. The molecule has 0 atom stereocenters. The van der Waals surface area contributed by atoms with Crippen LogP contribution in [0.2, 0.25) is 0 Å². The third-order valence-corrected chi connectivity index (χ3v) is 3.05. The summed E-state index contributed by atoms with van der Waals surface area (Å²) in [4.78, 5) is 0. The van der Waals surface area contributed by atoms with Crippen LogP contribution in [-0.2, 0) is 11.3 Å². The third kappa shape index (κ3) is 2.48. The summed E-state index contributed by atoms with van der Waals surface area (Å²) in [7, 11) is 1.52. The molecule has 90 valence electrons. The van der Waals surface area contributed by atoms with E-state index in [4.69, 9.17) is 10.5 Å². The van der Waals surface area contributed by atoms with Crippen molar-refractivity contribution in [1.29, 1.82) is 0 Å². The predicted octanol–water partition coefficient (Wildman–Crippen LogP) is 2.71. The monoisotopic (exact) mass is 299 g/mol. The number of halogens is 2. The van der Waals surface area contributed by atoms with Crippen molar-refractivity contribution in [1.82, 2.24) is 10.2 Å². The largest absolute Gasteiger partial charge is 0.382 e. The van der Waals surface area contributed by atoms with E-state index in [1.807, 2.05) is 0 Å². The summed E-state index contributed by atoms with van der Waals surface area (Å²) in [5.74, 6) is 0.0434. The first-order valence-electron chi connectivity index (χ1n) is 4.90. The number of nitrogen functional groups attached to an aromatic ring is 1. The topological polar surface area (TPSA) is 63.9 Å². The van der Waals surface area contributed by atoms with Crippen molar-refractivity contribution in [3.05, 3.63) is 34.1 Å². The van der Waals surface area contributed by atoms with Gasteiger partial charge >= 0.3 is 0 Å². The van der Waals surface area contributed by atoms with E-state index in [0.717, 1.165) is 0 Å². The molecule has 0 unspecified atom stereocenters. The fourth-order valence-corrected chi connectivity index (χ4v) is 2.08. The van der Waals surface area contributed by atoms with Gasteiger partial charge in [0.2, 0.25) is 0 Å². The lowest BCUT2D eigenvalue weighted by Crippen LogP contribution is -1.95. The Morgan fingerprint density at radius 1 is 1.47 bits per heavy atom. The van der Waals surface area contributed by atoms with Crippen LogP contribution in [0.5, 0.6) is 0 Å². The first kappa shape index (κ1) is 12.1. The third-order valence-electron chi connectivity index (χ3n) is 2.34. The van der Waals surface area contributed by atoms with Gasteiger partial charge in [0, 0.05) is 28.8 Å². The molecule has 0 aliphatic heterocycles. The van der Waals surface area contributed by atoms with Gasteiger partial charge in [-0.2, -0.15) is 5.10 Å². The molecule has 17 heavy (non-hydrogen) atoms. The highest BCUT2D eigenvalue weighted by Gasteiger charge is 2.11. The Bertz CT molecular complexity index is 518. The van der Waals surface area contributed by atoms with Gasteiger partial charge in [-0.3, -0.25) is 5.10 Å². The van der Waals surface area contributed by atoms with Gasteiger partial charge in [-0.25, -0.2) is 4.39 Å². The van der Waals surface area contributed by atoms with Crippen LogP contribution in [-0.4, -0.2) is 17.3 Å². The number of H-pyrrole nitrogens is 1. The second-order valence-corrected chi connectivity index (χ2v) is 4.41. The van der Waals surface area contributed by atoms with Crippen LogP contribution in [0.3, 0.4) is 0 Å². The Morgan fingerprint density at radius 3 is 2.76 bits per heavy atom. The Morgan fingerprint density at radius 2 is 2.24 bits per heavy atom. The van der Waals surface area contributed by atoms with Crippen molar-refractivity contribution in [3.8, 4) is 11.3 Å². The van der Waals surface area contributed by atoms with E-state index in [-0.39, 0.29) is 12.4 Å². The van der Waals surface area contributed by atoms with Crippen molar-refractivity contribution in [2.75, 3.05) is 12.8 Å². The number of hydrogen-bond donors (Lipinski definition) is 2. The second kappa shape index (κ2) is 4.85.